The number of nitrogens with one attached hydrogen (secondary N) is 1. The molecule has 0 aliphatic heterocycles. The molecular formula is C21H23FN2O2S. The maximum atomic E-state index is 13.1. The molecule has 1 N–H and O–H groups in total. The summed E-state index contributed by atoms with van der Waals surface area (Å²) in [4.78, 5) is 0.100. The van der Waals surface area contributed by atoms with Gasteiger partial charge in [-0.15, -0.1) is 0 Å². The molecule has 0 spiro atoms. The molecule has 1 atom stereocenters. The maximum Gasteiger partial charge on any atom is 0.240 e. The quantitative estimate of drug-likeness (QED) is 0.720. The van der Waals surface area contributed by atoms with Crippen molar-refractivity contribution in [2.45, 2.75) is 50.1 Å². The number of hydrogen-bond donors (Lipinski definition) is 1. The summed E-state index contributed by atoms with van der Waals surface area (Å²) in [5.74, 6) is -0.444. The molecule has 0 radical (unpaired) electrons. The monoisotopic (exact) mass is 386 g/mol. The Morgan fingerprint density at radius 2 is 1.89 bits per heavy atom. The van der Waals surface area contributed by atoms with E-state index in [9.17, 15) is 12.8 Å². The average Bonchev–Trinajstić information content (AvgIpc) is 2.96. The van der Waals surface area contributed by atoms with Crippen LogP contribution in [0, 0.1) is 5.82 Å². The number of rotatable bonds is 5. The van der Waals surface area contributed by atoms with E-state index in [-0.39, 0.29) is 10.9 Å². The lowest BCUT2D eigenvalue weighted by Crippen LogP contribution is -2.39. The van der Waals surface area contributed by atoms with Gasteiger partial charge in [0.2, 0.25) is 10.0 Å². The molecule has 6 heteroatoms. The van der Waals surface area contributed by atoms with Crippen LogP contribution in [0.3, 0.4) is 0 Å². The summed E-state index contributed by atoms with van der Waals surface area (Å²) >= 11 is 0. The molecule has 0 fully saturated rings. The minimum atomic E-state index is -3.66. The Morgan fingerprint density at radius 3 is 2.63 bits per heavy atom. The smallest absolute Gasteiger partial charge is 0.240 e. The number of fused-ring (bicyclic) bond motifs is 3. The molecule has 0 amide bonds. The molecule has 3 aromatic rings. The van der Waals surface area contributed by atoms with E-state index in [1.807, 2.05) is 6.07 Å². The van der Waals surface area contributed by atoms with Crippen molar-refractivity contribution in [2.24, 2.45) is 0 Å². The third-order valence-electron chi connectivity index (χ3n) is 5.27. The molecule has 142 valence electrons. The van der Waals surface area contributed by atoms with Gasteiger partial charge in [-0.1, -0.05) is 25.1 Å². The van der Waals surface area contributed by atoms with Crippen LogP contribution in [0.15, 0.2) is 53.4 Å². The van der Waals surface area contributed by atoms with Gasteiger partial charge in [0.15, 0.2) is 0 Å². The van der Waals surface area contributed by atoms with E-state index < -0.39 is 15.8 Å². The molecule has 2 aromatic carbocycles. The van der Waals surface area contributed by atoms with E-state index in [1.165, 1.54) is 46.4 Å². The van der Waals surface area contributed by atoms with Crippen molar-refractivity contribution >= 4 is 20.9 Å². The lowest BCUT2D eigenvalue weighted by Gasteiger charge is -2.25. The Hall–Kier alpha value is -2.18. The normalized spacial score (nSPS) is 17.2. The van der Waals surface area contributed by atoms with Crippen molar-refractivity contribution in [3.05, 3.63) is 65.6 Å². The molecule has 1 aliphatic rings. The molecule has 1 heterocycles. The van der Waals surface area contributed by atoms with Gasteiger partial charge < -0.3 is 4.57 Å². The van der Waals surface area contributed by atoms with Crippen molar-refractivity contribution in [3.63, 3.8) is 0 Å². The zero-order chi connectivity index (χ0) is 19.0. The Kier molecular flexibility index (Phi) is 4.78. The summed E-state index contributed by atoms with van der Waals surface area (Å²) in [5, 5.41) is 1.21. The molecule has 4 rings (SSSR count). The molecule has 0 unspecified atom stereocenters. The number of hydrogen-bond acceptors (Lipinski definition) is 2. The number of nitrogens with zero attached hydrogens (tertiary/aromatic N) is 1. The van der Waals surface area contributed by atoms with Crippen molar-refractivity contribution < 1.29 is 12.8 Å². The fraction of sp³-hybridized carbons (Fsp3) is 0.333. The van der Waals surface area contributed by atoms with Gasteiger partial charge in [0, 0.05) is 29.2 Å². The lowest BCUT2D eigenvalue weighted by atomic mass is 9.92. The summed E-state index contributed by atoms with van der Waals surface area (Å²) < 4.78 is 43.6. The van der Waals surface area contributed by atoms with Crippen molar-refractivity contribution in [2.75, 3.05) is 0 Å². The summed E-state index contributed by atoms with van der Waals surface area (Å²) in [5.41, 5.74) is 3.80. The van der Waals surface area contributed by atoms with Crippen LogP contribution in [0.2, 0.25) is 0 Å². The number of para-hydroxylation sites is 1. The van der Waals surface area contributed by atoms with Gasteiger partial charge in [0.05, 0.1) is 4.90 Å². The van der Waals surface area contributed by atoms with E-state index in [1.54, 1.807) is 0 Å². The number of sulfonamides is 1. The predicted molar refractivity (Wildman–Crippen MR) is 105 cm³/mol. The molecule has 0 saturated carbocycles. The lowest BCUT2D eigenvalue weighted by molar-refractivity contribution is 0.495. The first-order valence-electron chi connectivity index (χ1n) is 9.36. The maximum absolute atomic E-state index is 13.1. The molecule has 0 bridgehead atoms. The molecule has 0 saturated heterocycles. The zero-order valence-corrected chi connectivity index (χ0v) is 16.1. The van der Waals surface area contributed by atoms with E-state index in [0.29, 0.717) is 6.42 Å². The molecule has 4 nitrogen and oxygen atoms in total. The highest BCUT2D eigenvalue weighted by atomic mass is 32.2. The standard InChI is InChI=1S/C21H23FN2O2S/c1-2-13-24-20-6-4-3-5-18(20)19-14-16(9-12-21(19)24)23-27(25,26)17-10-7-15(22)8-11-17/h3-8,10-11,16,23H,2,9,12-14H2,1H3/t16-/m1/s1. The van der Waals surface area contributed by atoms with Crippen molar-refractivity contribution in [1.82, 2.24) is 9.29 Å². The molecule has 1 aliphatic carbocycles. The van der Waals surface area contributed by atoms with Crippen LogP contribution in [0.25, 0.3) is 10.9 Å². The third-order valence-corrected chi connectivity index (χ3v) is 6.80. The number of aromatic nitrogens is 1. The van der Waals surface area contributed by atoms with Crippen LogP contribution >= 0.6 is 0 Å². The topological polar surface area (TPSA) is 51.1 Å². The van der Waals surface area contributed by atoms with Crippen LogP contribution in [-0.2, 0) is 29.4 Å². The zero-order valence-electron chi connectivity index (χ0n) is 15.3. The third kappa shape index (κ3) is 3.39. The van der Waals surface area contributed by atoms with Crippen LogP contribution in [0.1, 0.15) is 31.0 Å². The van der Waals surface area contributed by atoms with Crippen LogP contribution in [0.5, 0.6) is 0 Å². The second-order valence-electron chi connectivity index (χ2n) is 7.11. The van der Waals surface area contributed by atoms with Crippen molar-refractivity contribution in [1.29, 1.82) is 0 Å². The van der Waals surface area contributed by atoms with Crippen molar-refractivity contribution in [3.8, 4) is 0 Å². The Balaban J connectivity index is 1.63. The second-order valence-corrected chi connectivity index (χ2v) is 8.82. The van der Waals surface area contributed by atoms with E-state index in [4.69, 9.17) is 0 Å². The first kappa shape index (κ1) is 18.2. The Labute approximate surface area is 159 Å². The minimum absolute atomic E-state index is 0.100. The van der Waals surface area contributed by atoms with Crippen LogP contribution < -0.4 is 4.72 Å². The van der Waals surface area contributed by atoms with Crippen LogP contribution in [-0.4, -0.2) is 19.0 Å². The van der Waals surface area contributed by atoms with E-state index in [2.05, 4.69) is 34.4 Å². The summed E-state index contributed by atoms with van der Waals surface area (Å²) in [6.07, 6.45) is 3.34. The van der Waals surface area contributed by atoms with Gasteiger partial charge in [-0.3, -0.25) is 0 Å². The highest BCUT2D eigenvalue weighted by Crippen LogP contribution is 2.33. The Morgan fingerprint density at radius 1 is 1.15 bits per heavy atom. The van der Waals surface area contributed by atoms with Gasteiger partial charge in [-0.2, -0.15) is 0 Å². The molecular weight excluding hydrogens is 363 g/mol. The summed E-state index contributed by atoms with van der Waals surface area (Å²) in [6.45, 7) is 3.14. The summed E-state index contributed by atoms with van der Waals surface area (Å²) in [7, 11) is -3.66. The Bertz CT molecular complexity index is 1070. The predicted octanol–water partition coefficient (Wildman–Crippen LogP) is 4.03. The number of halogens is 1. The summed E-state index contributed by atoms with van der Waals surface area (Å²) in [6, 6.07) is 13.1. The minimum Gasteiger partial charge on any atom is -0.344 e. The first-order valence-corrected chi connectivity index (χ1v) is 10.8. The van der Waals surface area contributed by atoms with E-state index in [0.717, 1.165) is 25.8 Å². The highest BCUT2D eigenvalue weighted by Gasteiger charge is 2.28. The SMILES string of the molecule is CCCn1c2c(c3ccccc31)C[C@H](NS(=O)(=O)c1ccc(F)cc1)CC2. The van der Waals surface area contributed by atoms with E-state index >= 15 is 0 Å². The fourth-order valence-electron chi connectivity index (χ4n) is 4.08. The first-order chi connectivity index (χ1) is 13.0. The van der Waals surface area contributed by atoms with Gasteiger partial charge in [0.25, 0.3) is 0 Å². The van der Waals surface area contributed by atoms with Gasteiger partial charge >= 0.3 is 0 Å². The fourth-order valence-corrected chi connectivity index (χ4v) is 5.35. The number of aryl methyl sites for hydroxylation is 1. The van der Waals surface area contributed by atoms with Gasteiger partial charge in [-0.05, 0) is 61.6 Å². The molecule has 1 aromatic heterocycles. The van der Waals surface area contributed by atoms with Gasteiger partial charge in [-0.25, -0.2) is 17.5 Å². The van der Waals surface area contributed by atoms with Crippen LogP contribution in [0.4, 0.5) is 4.39 Å². The largest absolute Gasteiger partial charge is 0.344 e. The second kappa shape index (κ2) is 7.09. The highest BCUT2D eigenvalue weighted by molar-refractivity contribution is 7.89. The average molecular weight is 386 g/mol. The van der Waals surface area contributed by atoms with Gasteiger partial charge in [0.1, 0.15) is 5.82 Å². The number of benzene rings is 2. The molecule has 27 heavy (non-hydrogen) atoms.